The van der Waals surface area contributed by atoms with Gasteiger partial charge in [-0.05, 0) is 91.1 Å². The zero-order valence-electron chi connectivity index (χ0n) is 29.5. The van der Waals surface area contributed by atoms with E-state index in [1.165, 1.54) is 18.1 Å². The van der Waals surface area contributed by atoms with E-state index in [0.29, 0.717) is 12.8 Å². The van der Waals surface area contributed by atoms with Gasteiger partial charge in [-0.25, -0.2) is 0 Å². The van der Waals surface area contributed by atoms with Crippen molar-refractivity contribution in [2.45, 2.75) is 154 Å². The van der Waals surface area contributed by atoms with Crippen LogP contribution in [0.5, 0.6) is 0 Å². The quantitative estimate of drug-likeness (QED) is 0.156. The Labute approximate surface area is 284 Å². The highest BCUT2D eigenvalue weighted by Gasteiger charge is 2.66. The Morgan fingerprint density at radius 1 is 1.06 bits per heavy atom. The van der Waals surface area contributed by atoms with Crippen molar-refractivity contribution >= 4 is 5.97 Å². The third-order valence-electron chi connectivity index (χ3n) is 13.8. The molecule has 6 N–H and O–H groups in total. The van der Waals surface area contributed by atoms with Gasteiger partial charge in [-0.15, -0.1) is 0 Å². The topological polar surface area (TPSA) is 179 Å². The molecule has 2 aliphatic heterocycles. The molecule has 0 aromatic heterocycles. The summed E-state index contributed by atoms with van der Waals surface area (Å²) < 4.78 is 23.8. The second kappa shape index (κ2) is 13.0. The molecule has 2 saturated carbocycles. The van der Waals surface area contributed by atoms with E-state index < -0.39 is 61.2 Å². The number of esters is 1. The maximum absolute atomic E-state index is 12.4. The lowest BCUT2D eigenvalue weighted by Crippen LogP contribution is -2.60. The predicted octanol–water partition coefficient (Wildman–Crippen LogP) is 2.38. The van der Waals surface area contributed by atoms with E-state index in [0.717, 1.165) is 25.7 Å². The summed E-state index contributed by atoms with van der Waals surface area (Å²) in [4.78, 5) is 12.4. The third kappa shape index (κ3) is 5.64. The SMILES string of the molecule is CC(=O)OC1CC2C3=CCC4CC(OC5OC(CO)C(O)C(O)C5O)CCC4(C)C3=CCC2(C)C1C(C)C(O)C(O)C1(C(C)C)OC1C. The van der Waals surface area contributed by atoms with Crippen LogP contribution in [0, 0.1) is 40.4 Å². The number of hydrogen-bond donors (Lipinski definition) is 6. The van der Waals surface area contributed by atoms with E-state index in [4.69, 9.17) is 18.9 Å². The van der Waals surface area contributed by atoms with E-state index in [9.17, 15) is 35.4 Å². The van der Waals surface area contributed by atoms with Gasteiger partial charge in [0.05, 0.1) is 24.9 Å². The summed E-state index contributed by atoms with van der Waals surface area (Å²) in [6.45, 7) is 13.4. The molecule has 0 bridgehead atoms. The maximum atomic E-state index is 12.4. The number of fused-ring (bicyclic) bond motifs is 5. The van der Waals surface area contributed by atoms with Gasteiger partial charge >= 0.3 is 5.97 Å². The average molecular weight is 679 g/mol. The second-order valence-electron chi connectivity index (χ2n) is 16.6. The number of carbonyl (C=O) groups excluding carboxylic acids is 1. The van der Waals surface area contributed by atoms with Gasteiger partial charge in [-0.3, -0.25) is 4.79 Å². The monoisotopic (exact) mass is 678 g/mol. The number of aliphatic hydroxyl groups excluding tert-OH is 6. The average Bonchev–Trinajstić information content (AvgIpc) is 3.64. The first-order valence-electron chi connectivity index (χ1n) is 18.1. The Morgan fingerprint density at radius 3 is 2.35 bits per heavy atom. The molecule has 0 aromatic carbocycles. The summed E-state index contributed by atoms with van der Waals surface area (Å²) >= 11 is 0. The highest BCUT2D eigenvalue weighted by atomic mass is 16.7. The fourth-order valence-electron chi connectivity index (χ4n) is 10.9. The van der Waals surface area contributed by atoms with Crippen LogP contribution >= 0.6 is 0 Å². The summed E-state index contributed by atoms with van der Waals surface area (Å²) in [5, 5.41) is 63.8. The Bertz CT molecular complexity index is 1280. The largest absolute Gasteiger partial charge is 0.462 e. The lowest BCUT2D eigenvalue weighted by Gasteiger charge is -2.54. The summed E-state index contributed by atoms with van der Waals surface area (Å²) in [7, 11) is 0. The summed E-state index contributed by atoms with van der Waals surface area (Å²) in [5.74, 6) is -0.465. The van der Waals surface area contributed by atoms with Crippen LogP contribution in [0.4, 0.5) is 0 Å². The van der Waals surface area contributed by atoms with Crippen LogP contribution in [0.2, 0.25) is 0 Å². The lowest BCUT2D eigenvalue weighted by atomic mass is 9.51. The van der Waals surface area contributed by atoms with E-state index in [1.54, 1.807) is 0 Å². The fourth-order valence-corrected chi connectivity index (χ4v) is 10.9. The summed E-state index contributed by atoms with van der Waals surface area (Å²) in [6.07, 6.45) is -0.124. The minimum absolute atomic E-state index is 0.0273. The molecule has 48 heavy (non-hydrogen) atoms. The first-order valence-corrected chi connectivity index (χ1v) is 18.1. The van der Waals surface area contributed by atoms with Crippen molar-refractivity contribution in [2.75, 3.05) is 6.61 Å². The molecule has 17 unspecified atom stereocenters. The number of epoxide rings is 1. The molecule has 2 heterocycles. The first kappa shape index (κ1) is 36.4. The van der Waals surface area contributed by atoms with Crippen molar-refractivity contribution < 1.29 is 54.4 Å². The minimum atomic E-state index is -1.48. The summed E-state index contributed by atoms with van der Waals surface area (Å²) in [5.41, 5.74) is 1.44. The third-order valence-corrected chi connectivity index (χ3v) is 13.8. The molecule has 0 aromatic rings. The Kier molecular flexibility index (Phi) is 9.83. The standard InChI is InChI=1S/C37H58O11/c1-17(2)37(19(4)48-37)33(44)29(40)18(3)28-26(45-20(5)39)15-25-23-9-8-21-14-22(10-12-35(21,6)24(23)11-13-36(25,28)7)46-34-32(43)31(42)30(41)27(16-38)47-34/h9,11,17-19,21-22,25-34,38,40-44H,8,10,12-16H2,1-7H3. The number of rotatable bonds is 9. The number of allylic oxidation sites excluding steroid dienone is 4. The molecular weight excluding hydrogens is 620 g/mol. The van der Waals surface area contributed by atoms with Gasteiger partial charge < -0.3 is 49.6 Å². The van der Waals surface area contributed by atoms with Crippen LogP contribution < -0.4 is 0 Å². The molecule has 6 rings (SSSR count). The number of ether oxygens (including phenoxy) is 4. The Morgan fingerprint density at radius 2 is 1.75 bits per heavy atom. The van der Waals surface area contributed by atoms with Crippen molar-refractivity contribution in [2.24, 2.45) is 40.4 Å². The smallest absolute Gasteiger partial charge is 0.302 e. The molecule has 4 aliphatic carbocycles. The van der Waals surface area contributed by atoms with Crippen molar-refractivity contribution in [3.8, 4) is 0 Å². The normalized spacial score (nSPS) is 48.8. The van der Waals surface area contributed by atoms with Crippen LogP contribution in [0.3, 0.4) is 0 Å². The van der Waals surface area contributed by atoms with Gasteiger partial charge in [0.2, 0.25) is 0 Å². The first-order chi connectivity index (χ1) is 22.5. The molecule has 0 amide bonds. The van der Waals surface area contributed by atoms with Crippen molar-refractivity contribution in [3.63, 3.8) is 0 Å². The number of hydrogen-bond acceptors (Lipinski definition) is 11. The molecule has 4 fully saturated rings. The summed E-state index contributed by atoms with van der Waals surface area (Å²) in [6, 6.07) is 0. The molecule has 6 aliphatic rings. The van der Waals surface area contributed by atoms with Gasteiger partial charge in [-0.2, -0.15) is 0 Å². The van der Waals surface area contributed by atoms with Gasteiger partial charge in [0.25, 0.3) is 0 Å². The fraction of sp³-hybridized carbons (Fsp3) is 0.865. The molecule has 11 nitrogen and oxygen atoms in total. The van der Waals surface area contributed by atoms with Crippen LogP contribution in [-0.4, -0.2) is 110 Å². The number of carbonyl (C=O) groups is 1. The van der Waals surface area contributed by atoms with Crippen molar-refractivity contribution in [1.82, 2.24) is 0 Å². The predicted molar refractivity (Wildman–Crippen MR) is 174 cm³/mol. The van der Waals surface area contributed by atoms with Crippen molar-refractivity contribution in [3.05, 3.63) is 23.3 Å². The van der Waals surface area contributed by atoms with Crippen LogP contribution in [0.15, 0.2) is 23.3 Å². The van der Waals surface area contributed by atoms with E-state index in [-0.39, 0.29) is 58.6 Å². The van der Waals surface area contributed by atoms with Gasteiger partial charge in [0.1, 0.15) is 42.2 Å². The van der Waals surface area contributed by atoms with E-state index in [2.05, 4.69) is 26.0 Å². The molecule has 11 heteroatoms. The minimum Gasteiger partial charge on any atom is -0.462 e. The van der Waals surface area contributed by atoms with Crippen LogP contribution in [0.1, 0.15) is 87.0 Å². The van der Waals surface area contributed by atoms with E-state index in [1.807, 2.05) is 27.7 Å². The van der Waals surface area contributed by atoms with E-state index >= 15 is 0 Å². The zero-order valence-corrected chi connectivity index (χ0v) is 29.5. The molecule has 2 saturated heterocycles. The lowest BCUT2D eigenvalue weighted by molar-refractivity contribution is -0.314. The highest BCUT2D eigenvalue weighted by molar-refractivity contribution is 5.66. The Balaban J connectivity index is 1.21. The van der Waals surface area contributed by atoms with Gasteiger partial charge in [-0.1, -0.05) is 46.8 Å². The number of aliphatic hydroxyl groups is 6. The van der Waals surface area contributed by atoms with Crippen LogP contribution in [0.25, 0.3) is 0 Å². The molecule has 272 valence electrons. The van der Waals surface area contributed by atoms with Gasteiger partial charge in [0.15, 0.2) is 6.29 Å². The van der Waals surface area contributed by atoms with Gasteiger partial charge in [0, 0.05) is 12.8 Å². The highest BCUT2D eigenvalue weighted by Crippen LogP contribution is 2.66. The zero-order chi connectivity index (χ0) is 35.1. The second-order valence-corrected chi connectivity index (χ2v) is 16.6. The van der Waals surface area contributed by atoms with Crippen LogP contribution in [-0.2, 0) is 23.7 Å². The maximum Gasteiger partial charge on any atom is 0.302 e. The molecule has 17 atom stereocenters. The molecular formula is C37H58O11. The molecule has 0 radical (unpaired) electrons. The Hall–Kier alpha value is -1.41. The van der Waals surface area contributed by atoms with Crippen molar-refractivity contribution in [1.29, 1.82) is 0 Å². The molecule has 0 spiro atoms.